The van der Waals surface area contributed by atoms with Crippen molar-refractivity contribution < 1.29 is 9.57 Å². The summed E-state index contributed by atoms with van der Waals surface area (Å²) in [5.74, 6) is 0.926. The van der Waals surface area contributed by atoms with E-state index in [1.807, 2.05) is 10.8 Å². The number of hydrogen-bond acceptors (Lipinski definition) is 2. The van der Waals surface area contributed by atoms with Crippen molar-refractivity contribution in [2.45, 2.75) is 13.3 Å². The molecule has 6 aromatic rings. The Hall–Kier alpha value is -3.92. The van der Waals surface area contributed by atoms with E-state index >= 15 is 0 Å². The summed E-state index contributed by atoms with van der Waals surface area (Å²) >= 11 is 0. The highest BCUT2D eigenvalue weighted by Crippen LogP contribution is 2.38. The van der Waals surface area contributed by atoms with Crippen LogP contribution in [0.3, 0.4) is 0 Å². The Kier molecular flexibility index (Phi) is 4.15. The molecule has 1 N–H and O–H groups in total. The Morgan fingerprint density at radius 3 is 2.34 bits per heavy atom. The Morgan fingerprint density at radius 2 is 1.53 bits per heavy atom. The summed E-state index contributed by atoms with van der Waals surface area (Å²) in [5, 5.41) is 4.82. The van der Waals surface area contributed by atoms with Crippen molar-refractivity contribution in [3.8, 4) is 5.75 Å². The number of benzene rings is 4. The number of aromatic nitrogens is 2. The maximum absolute atomic E-state index is 5.97. The molecule has 0 saturated carbocycles. The molecule has 4 heteroatoms. The van der Waals surface area contributed by atoms with Crippen LogP contribution in [-0.2, 0) is 6.42 Å². The first-order valence-corrected chi connectivity index (χ1v) is 10.8. The van der Waals surface area contributed by atoms with Gasteiger partial charge >= 0.3 is 0 Å². The van der Waals surface area contributed by atoms with Crippen LogP contribution in [0.25, 0.3) is 43.6 Å². The number of nitrogens with zero attached hydrogens (tertiary/aromatic N) is 1. The molecule has 0 unspecified atom stereocenters. The number of H-pyrrole nitrogens is 1. The molecular formula is C28H24N2O2. The summed E-state index contributed by atoms with van der Waals surface area (Å²) in [5.41, 5.74) is 8.04. The lowest BCUT2D eigenvalue weighted by atomic mass is 9.96. The molecule has 158 valence electrons. The van der Waals surface area contributed by atoms with Crippen LogP contribution in [0, 0.1) is 6.92 Å². The summed E-state index contributed by atoms with van der Waals surface area (Å²) in [6.45, 7) is 2.17. The van der Waals surface area contributed by atoms with Gasteiger partial charge in [-0.05, 0) is 48.4 Å². The van der Waals surface area contributed by atoms with E-state index in [1.54, 1.807) is 14.2 Å². The van der Waals surface area contributed by atoms with Gasteiger partial charge < -0.3 is 14.6 Å². The first-order chi connectivity index (χ1) is 15.7. The SMILES string of the molecule is COc1c(Cc2ccc3c(c2)c2ccccc2n3OC)c(C)cc2c1[nH]c1ccccc12. The van der Waals surface area contributed by atoms with Gasteiger partial charge in [-0.3, -0.25) is 0 Å². The molecule has 0 aliphatic rings. The normalized spacial score (nSPS) is 11.7. The predicted octanol–water partition coefficient (Wildman–Crippen LogP) is 6.40. The van der Waals surface area contributed by atoms with E-state index in [2.05, 4.69) is 78.6 Å². The number of fused-ring (bicyclic) bond motifs is 6. The second kappa shape index (κ2) is 7.06. The van der Waals surface area contributed by atoms with Crippen molar-refractivity contribution in [2.75, 3.05) is 14.2 Å². The highest BCUT2D eigenvalue weighted by Gasteiger charge is 2.17. The summed E-state index contributed by atoms with van der Waals surface area (Å²) in [6, 6.07) is 25.7. The molecule has 6 rings (SSSR count). The largest absolute Gasteiger partial charge is 0.494 e. The molecule has 0 radical (unpaired) electrons. The minimum absolute atomic E-state index is 0.794. The fourth-order valence-corrected chi connectivity index (χ4v) is 5.07. The third-order valence-corrected chi connectivity index (χ3v) is 6.54. The van der Waals surface area contributed by atoms with Crippen molar-refractivity contribution in [1.82, 2.24) is 9.71 Å². The number of para-hydroxylation sites is 2. The van der Waals surface area contributed by atoms with Crippen LogP contribution in [0.4, 0.5) is 0 Å². The smallest absolute Gasteiger partial charge is 0.146 e. The van der Waals surface area contributed by atoms with Crippen LogP contribution in [-0.4, -0.2) is 23.9 Å². The van der Waals surface area contributed by atoms with E-state index in [1.165, 1.54) is 38.2 Å². The fraction of sp³-hybridized carbons (Fsp3) is 0.143. The van der Waals surface area contributed by atoms with Crippen LogP contribution < -0.4 is 9.57 Å². The average molecular weight is 421 g/mol. The van der Waals surface area contributed by atoms with E-state index < -0.39 is 0 Å². The van der Waals surface area contributed by atoms with Gasteiger partial charge in [-0.1, -0.05) is 42.5 Å². The molecule has 32 heavy (non-hydrogen) atoms. The standard InChI is InChI=1S/C28H24N2O2/c1-17-14-23-19-8-4-6-10-24(19)29-27(23)28(31-2)21(17)15-18-12-13-26-22(16-18)20-9-5-7-11-25(20)30(26)32-3/h4-14,16,29H,15H2,1-3H3. The molecule has 4 nitrogen and oxygen atoms in total. The number of methoxy groups -OCH3 is 1. The third-order valence-electron chi connectivity index (χ3n) is 6.54. The summed E-state index contributed by atoms with van der Waals surface area (Å²) in [4.78, 5) is 9.23. The quantitative estimate of drug-likeness (QED) is 0.359. The van der Waals surface area contributed by atoms with Crippen molar-refractivity contribution in [2.24, 2.45) is 0 Å². The molecule has 0 aliphatic carbocycles. The summed E-state index contributed by atoms with van der Waals surface area (Å²) in [7, 11) is 3.47. The van der Waals surface area contributed by atoms with Crippen molar-refractivity contribution in [3.05, 3.63) is 89.5 Å². The Balaban J connectivity index is 1.53. The van der Waals surface area contributed by atoms with Gasteiger partial charge in [0.25, 0.3) is 0 Å². The van der Waals surface area contributed by atoms with Crippen LogP contribution in [0.2, 0.25) is 0 Å². The third kappa shape index (κ3) is 2.62. The van der Waals surface area contributed by atoms with Gasteiger partial charge in [-0.25, -0.2) is 0 Å². The van der Waals surface area contributed by atoms with Crippen LogP contribution in [0.15, 0.2) is 72.8 Å². The number of hydrogen-bond donors (Lipinski definition) is 1. The van der Waals surface area contributed by atoms with Crippen molar-refractivity contribution in [1.29, 1.82) is 0 Å². The Bertz CT molecular complexity index is 1640. The molecule has 2 heterocycles. The van der Waals surface area contributed by atoms with Gasteiger partial charge in [0.15, 0.2) is 0 Å². The van der Waals surface area contributed by atoms with Crippen LogP contribution >= 0.6 is 0 Å². The maximum Gasteiger partial charge on any atom is 0.146 e. The lowest BCUT2D eigenvalue weighted by Gasteiger charge is -2.14. The van der Waals surface area contributed by atoms with Crippen molar-refractivity contribution >= 4 is 43.6 Å². The minimum atomic E-state index is 0.794. The number of rotatable bonds is 4. The van der Waals surface area contributed by atoms with Gasteiger partial charge in [0.1, 0.15) is 12.9 Å². The number of aryl methyl sites for hydroxylation is 1. The van der Waals surface area contributed by atoms with E-state index in [-0.39, 0.29) is 0 Å². The molecule has 0 amide bonds. The molecule has 0 atom stereocenters. The number of ether oxygens (including phenoxy) is 1. The topological polar surface area (TPSA) is 39.2 Å². The molecule has 0 aliphatic heterocycles. The maximum atomic E-state index is 5.97. The van der Waals surface area contributed by atoms with E-state index in [9.17, 15) is 0 Å². The van der Waals surface area contributed by atoms with Gasteiger partial charge in [0.05, 0.1) is 23.7 Å². The molecule has 4 aromatic carbocycles. The molecule has 0 saturated heterocycles. The molecule has 0 bridgehead atoms. The second-order valence-electron chi connectivity index (χ2n) is 8.32. The Morgan fingerprint density at radius 1 is 0.781 bits per heavy atom. The summed E-state index contributed by atoms with van der Waals surface area (Å²) < 4.78 is 7.86. The number of nitrogens with one attached hydrogen (secondary N) is 1. The average Bonchev–Trinajstić information content (AvgIpc) is 3.34. The van der Waals surface area contributed by atoms with E-state index in [0.717, 1.165) is 34.2 Å². The molecular weight excluding hydrogens is 396 g/mol. The van der Waals surface area contributed by atoms with Gasteiger partial charge in [0.2, 0.25) is 0 Å². The first kappa shape index (κ1) is 18.8. The lowest BCUT2D eigenvalue weighted by Crippen LogP contribution is -2.04. The predicted molar refractivity (Wildman–Crippen MR) is 132 cm³/mol. The minimum Gasteiger partial charge on any atom is -0.494 e. The molecule has 0 spiro atoms. The zero-order chi connectivity index (χ0) is 21.8. The first-order valence-electron chi connectivity index (χ1n) is 10.8. The van der Waals surface area contributed by atoms with E-state index in [4.69, 9.17) is 9.57 Å². The highest BCUT2D eigenvalue weighted by atomic mass is 16.6. The zero-order valence-electron chi connectivity index (χ0n) is 18.4. The number of aromatic amines is 1. The fourth-order valence-electron chi connectivity index (χ4n) is 5.07. The van der Waals surface area contributed by atoms with Crippen LogP contribution in [0.1, 0.15) is 16.7 Å². The zero-order valence-corrected chi connectivity index (χ0v) is 18.4. The van der Waals surface area contributed by atoms with Gasteiger partial charge in [-0.2, -0.15) is 4.73 Å². The van der Waals surface area contributed by atoms with Crippen LogP contribution in [0.5, 0.6) is 5.75 Å². The molecule has 0 fully saturated rings. The monoisotopic (exact) mass is 420 g/mol. The van der Waals surface area contributed by atoms with Crippen molar-refractivity contribution in [3.63, 3.8) is 0 Å². The lowest BCUT2D eigenvalue weighted by molar-refractivity contribution is 0.190. The van der Waals surface area contributed by atoms with Gasteiger partial charge in [0, 0.05) is 39.0 Å². The van der Waals surface area contributed by atoms with Gasteiger partial charge in [-0.15, -0.1) is 0 Å². The Labute approximate surface area is 185 Å². The highest BCUT2D eigenvalue weighted by molar-refractivity contribution is 6.10. The molecule has 2 aromatic heterocycles. The summed E-state index contributed by atoms with van der Waals surface area (Å²) in [6.07, 6.45) is 0.794. The second-order valence-corrected chi connectivity index (χ2v) is 8.32. The van der Waals surface area contributed by atoms with E-state index in [0.29, 0.717) is 0 Å².